The average molecular weight is 326 g/mol. The van der Waals surface area contributed by atoms with Gasteiger partial charge in [0.05, 0.1) is 12.8 Å². The standard InChI is InChI=1S/C19H22N2O3/c1-19(2,17(22)20-13-15-9-6-12-24-15)18(23)21-11-5-8-14-7-3-4-10-16(14)21/h3-4,6-7,9-10,12H,5,8,11,13H2,1-2H3,(H,20,22). The molecule has 2 heterocycles. The van der Waals surface area contributed by atoms with E-state index in [0.717, 1.165) is 24.1 Å². The van der Waals surface area contributed by atoms with Crippen LogP contribution in [0.1, 0.15) is 31.6 Å². The van der Waals surface area contributed by atoms with Crippen LogP contribution in [0.5, 0.6) is 0 Å². The zero-order chi connectivity index (χ0) is 17.2. The fraction of sp³-hybridized carbons (Fsp3) is 0.368. The SMILES string of the molecule is CC(C)(C(=O)NCc1ccco1)C(=O)N1CCCc2ccccc21. The second-order valence-electron chi connectivity index (χ2n) is 6.58. The maximum atomic E-state index is 13.0. The molecule has 1 N–H and O–H groups in total. The van der Waals surface area contributed by atoms with Gasteiger partial charge in [-0.25, -0.2) is 0 Å². The van der Waals surface area contributed by atoms with Crippen molar-refractivity contribution in [3.63, 3.8) is 0 Å². The van der Waals surface area contributed by atoms with Crippen molar-refractivity contribution in [2.75, 3.05) is 11.4 Å². The number of carbonyl (C=O) groups is 2. The van der Waals surface area contributed by atoms with Crippen molar-refractivity contribution < 1.29 is 14.0 Å². The molecule has 5 heteroatoms. The van der Waals surface area contributed by atoms with Crippen molar-refractivity contribution in [3.05, 3.63) is 54.0 Å². The third-order valence-corrected chi connectivity index (χ3v) is 4.46. The molecule has 0 spiro atoms. The lowest BCUT2D eigenvalue weighted by atomic mass is 9.88. The van der Waals surface area contributed by atoms with Gasteiger partial charge >= 0.3 is 0 Å². The molecule has 0 aliphatic carbocycles. The summed E-state index contributed by atoms with van der Waals surface area (Å²) in [7, 11) is 0. The molecule has 0 unspecified atom stereocenters. The minimum absolute atomic E-state index is 0.174. The summed E-state index contributed by atoms with van der Waals surface area (Å²) in [6.45, 7) is 4.26. The van der Waals surface area contributed by atoms with Crippen LogP contribution in [0.15, 0.2) is 47.1 Å². The third kappa shape index (κ3) is 3.07. The summed E-state index contributed by atoms with van der Waals surface area (Å²) in [6.07, 6.45) is 3.43. The Bertz CT molecular complexity index is 735. The second kappa shape index (κ2) is 6.51. The molecule has 0 bridgehead atoms. The molecule has 1 aliphatic heterocycles. The summed E-state index contributed by atoms with van der Waals surface area (Å²) in [5, 5.41) is 2.79. The third-order valence-electron chi connectivity index (χ3n) is 4.46. The molecule has 5 nitrogen and oxygen atoms in total. The van der Waals surface area contributed by atoms with Crippen molar-refractivity contribution in [1.29, 1.82) is 0 Å². The van der Waals surface area contributed by atoms with Crippen molar-refractivity contribution >= 4 is 17.5 Å². The van der Waals surface area contributed by atoms with E-state index in [1.807, 2.05) is 24.3 Å². The largest absolute Gasteiger partial charge is 0.467 e. The molecule has 3 rings (SSSR count). The molecule has 0 atom stereocenters. The molecule has 126 valence electrons. The molecule has 0 saturated heterocycles. The summed E-state index contributed by atoms with van der Waals surface area (Å²) in [6, 6.07) is 11.4. The van der Waals surface area contributed by atoms with Gasteiger partial charge in [-0.15, -0.1) is 0 Å². The lowest BCUT2D eigenvalue weighted by Crippen LogP contribution is -2.50. The Morgan fingerprint density at radius 1 is 1.21 bits per heavy atom. The molecule has 2 aromatic rings. The van der Waals surface area contributed by atoms with Crippen LogP contribution < -0.4 is 10.2 Å². The number of rotatable bonds is 4. The topological polar surface area (TPSA) is 62.6 Å². The molecule has 0 fully saturated rings. The first-order valence-corrected chi connectivity index (χ1v) is 8.20. The van der Waals surface area contributed by atoms with Gasteiger partial charge in [0.2, 0.25) is 11.8 Å². The van der Waals surface area contributed by atoms with E-state index in [-0.39, 0.29) is 18.4 Å². The summed E-state index contributed by atoms with van der Waals surface area (Å²) in [4.78, 5) is 27.3. The number of aryl methyl sites for hydroxylation is 1. The summed E-state index contributed by atoms with van der Waals surface area (Å²) >= 11 is 0. The number of carbonyl (C=O) groups excluding carboxylic acids is 2. The highest BCUT2D eigenvalue weighted by atomic mass is 16.3. The first-order chi connectivity index (χ1) is 11.5. The lowest BCUT2D eigenvalue weighted by molar-refractivity contribution is -0.140. The van der Waals surface area contributed by atoms with Crippen LogP contribution in [-0.2, 0) is 22.6 Å². The van der Waals surface area contributed by atoms with Crippen LogP contribution in [0.4, 0.5) is 5.69 Å². The predicted molar refractivity (Wildman–Crippen MR) is 91.5 cm³/mol. The van der Waals surface area contributed by atoms with Gasteiger partial charge in [-0.3, -0.25) is 9.59 Å². The van der Waals surface area contributed by atoms with Gasteiger partial charge in [0, 0.05) is 12.2 Å². The van der Waals surface area contributed by atoms with Crippen molar-refractivity contribution in [3.8, 4) is 0 Å². The van der Waals surface area contributed by atoms with E-state index in [4.69, 9.17) is 4.42 Å². The molecular weight excluding hydrogens is 304 g/mol. The van der Waals surface area contributed by atoms with Crippen LogP contribution in [0, 0.1) is 5.41 Å². The highest BCUT2D eigenvalue weighted by Gasteiger charge is 2.40. The zero-order valence-corrected chi connectivity index (χ0v) is 14.0. The molecule has 1 aromatic carbocycles. The molecule has 0 saturated carbocycles. The number of furan rings is 1. The Hall–Kier alpha value is -2.56. The number of para-hydroxylation sites is 1. The molecule has 1 aromatic heterocycles. The smallest absolute Gasteiger partial charge is 0.242 e. The maximum absolute atomic E-state index is 13.0. The monoisotopic (exact) mass is 326 g/mol. The van der Waals surface area contributed by atoms with Gasteiger partial charge in [0.25, 0.3) is 0 Å². The van der Waals surface area contributed by atoms with Crippen LogP contribution in [0.25, 0.3) is 0 Å². The summed E-state index contributed by atoms with van der Waals surface area (Å²) in [5.74, 6) is 0.188. The van der Waals surface area contributed by atoms with Crippen LogP contribution in [0.2, 0.25) is 0 Å². The number of anilines is 1. The van der Waals surface area contributed by atoms with E-state index in [2.05, 4.69) is 5.32 Å². The minimum atomic E-state index is -1.14. The van der Waals surface area contributed by atoms with E-state index >= 15 is 0 Å². The number of fused-ring (bicyclic) bond motifs is 1. The van der Waals surface area contributed by atoms with Crippen molar-refractivity contribution in [2.45, 2.75) is 33.2 Å². The quantitative estimate of drug-likeness (QED) is 0.879. The van der Waals surface area contributed by atoms with Gasteiger partial charge in [-0.2, -0.15) is 0 Å². The maximum Gasteiger partial charge on any atom is 0.242 e. The average Bonchev–Trinajstić information content (AvgIpc) is 3.12. The van der Waals surface area contributed by atoms with Gasteiger partial charge in [-0.05, 0) is 50.5 Å². The molecule has 0 radical (unpaired) electrons. The first-order valence-electron chi connectivity index (χ1n) is 8.20. The highest BCUT2D eigenvalue weighted by Crippen LogP contribution is 2.31. The minimum Gasteiger partial charge on any atom is -0.467 e. The van der Waals surface area contributed by atoms with Crippen LogP contribution in [0.3, 0.4) is 0 Å². The second-order valence-corrected chi connectivity index (χ2v) is 6.58. The lowest BCUT2D eigenvalue weighted by Gasteiger charge is -2.35. The van der Waals surface area contributed by atoms with Crippen molar-refractivity contribution in [2.24, 2.45) is 5.41 Å². The van der Waals surface area contributed by atoms with E-state index in [0.29, 0.717) is 12.3 Å². The highest BCUT2D eigenvalue weighted by molar-refractivity contribution is 6.11. The van der Waals surface area contributed by atoms with Crippen molar-refractivity contribution in [1.82, 2.24) is 5.32 Å². The first kappa shape index (κ1) is 16.3. The molecule has 1 aliphatic rings. The number of nitrogens with zero attached hydrogens (tertiary/aromatic N) is 1. The van der Waals surface area contributed by atoms with E-state index in [1.54, 1.807) is 37.1 Å². The predicted octanol–water partition coefficient (Wildman–Crippen LogP) is 2.90. The fourth-order valence-electron chi connectivity index (χ4n) is 2.98. The Balaban J connectivity index is 1.74. The van der Waals surface area contributed by atoms with E-state index in [1.165, 1.54) is 0 Å². The van der Waals surface area contributed by atoms with Gasteiger partial charge in [-0.1, -0.05) is 18.2 Å². The number of nitrogens with one attached hydrogen (secondary N) is 1. The Morgan fingerprint density at radius 2 is 2.00 bits per heavy atom. The number of hydrogen-bond acceptors (Lipinski definition) is 3. The fourth-order valence-corrected chi connectivity index (χ4v) is 2.98. The zero-order valence-electron chi connectivity index (χ0n) is 14.0. The Morgan fingerprint density at radius 3 is 2.75 bits per heavy atom. The summed E-state index contributed by atoms with van der Waals surface area (Å²) < 4.78 is 5.21. The van der Waals surface area contributed by atoms with Gasteiger partial charge < -0.3 is 14.6 Å². The Labute approximate surface area is 141 Å². The van der Waals surface area contributed by atoms with Crippen LogP contribution in [-0.4, -0.2) is 18.4 Å². The summed E-state index contributed by atoms with van der Waals surface area (Å²) in [5.41, 5.74) is 0.932. The molecular formula is C19H22N2O3. The number of amides is 2. The van der Waals surface area contributed by atoms with Gasteiger partial charge in [0.15, 0.2) is 0 Å². The normalized spacial score (nSPS) is 14.2. The van der Waals surface area contributed by atoms with Gasteiger partial charge in [0.1, 0.15) is 11.2 Å². The molecule has 24 heavy (non-hydrogen) atoms. The Kier molecular flexibility index (Phi) is 4.42. The molecule has 2 amide bonds. The van der Waals surface area contributed by atoms with E-state index < -0.39 is 5.41 Å². The number of hydrogen-bond donors (Lipinski definition) is 1. The number of benzene rings is 1. The van der Waals surface area contributed by atoms with E-state index in [9.17, 15) is 9.59 Å². The van der Waals surface area contributed by atoms with Crippen LogP contribution >= 0.6 is 0 Å².